The van der Waals surface area contributed by atoms with Crippen molar-refractivity contribution in [2.45, 2.75) is 26.4 Å². The summed E-state index contributed by atoms with van der Waals surface area (Å²) in [6.45, 7) is 2.74. The number of benzene rings is 1. The van der Waals surface area contributed by atoms with Gasteiger partial charge in [0.25, 0.3) is 0 Å². The molecule has 0 aliphatic heterocycles. The minimum atomic E-state index is -0.121. The van der Waals surface area contributed by atoms with Crippen molar-refractivity contribution in [3.63, 3.8) is 0 Å². The topological polar surface area (TPSA) is 85.8 Å². The maximum Gasteiger partial charge on any atom is 0.242 e. The second-order valence-electron chi connectivity index (χ2n) is 4.25. The van der Waals surface area contributed by atoms with Gasteiger partial charge in [0.15, 0.2) is 0 Å². The van der Waals surface area contributed by atoms with Gasteiger partial charge in [-0.15, -0.1) is 5.10 Å². The van der Waals surface area contributed by atoms with Crippen molar-refractivity contribution in [1.29, 1.82) is 0 Å². The van der Waals surface area contributed by atoms with E-state index in [4.69, 9.17) is 5.73 Å². The van der Waals surface area contributed by atoms with Crippen molar-refractivity contribution in [3.05, 3.63) is 41.7 Å². The number of nitrogen functional groups attached to an aromatic ring is 1. The van der Waals surface area contributed by atoms with Gasteiger partial charge in [0.05, 0.1) is 0 Å². The number of hydrogen-bond donors (Lipinski definition) is 2. The van der Waals surface area contributed by atoms with E-state index in [0.29, 0.717) is 6.54 Å². The zero-order chi connectivity index (χ0) is 13.7. The van der Waals surface area contributed by atoms with E-state index in [0.717, 1.165) is 12.0 Å². The SMILES string of the molecule is CCc1ccc(CNC(=O)Cn2cnc(N)n2)cc1. The van der Waals surface area contributed by atoms with Gasteiger partial charge in [0.1, 0.15) is 12.9 Å². The predicted octanol–water partition coefficient (Wildman–Crippen LogP) is 0.739. The number of carbonyl (C=O) groups is 1. The Hall–Kier alpha value is -2.37. The summed E-state index contributed by atoms with van der Waals surface area (Å²) in [5.74, 6) is 0.0485. The van der Waals surface area contributed by atoms with Crippen LogP contribution >= 0.6 is 0 Å². The Balaban J connectivity index is 1.82. The van der Waals surface area contributed by atoms with Crippen LogP contribution in [0.5, 0.6) is 0 Å². The molecule has 0 aliphatic carbocycles. The second-order valence-corrected chi connectivity index (χ2v) is 4.25. The van der Waals surface area contributed by atoms with E-state index in [1.165, 1.54) is 16.6 Å². The fraction of sp³-hybridized carbons (Fsp3) is 0.308. The molecule has 1 heterocycles. The predicted molar refractivity (Wildman–Crippen MR) is 72.1 cm³/mol. The number of aromatic nitrogens is 3. The molecule has 0 saturated carbocycles. The summed E-state index contributed by atoms with van der Waals surface area (Å²) in [6.07, 6.45) is 2.45. The molecule has 6 heteroatoms. The van der Waals surface area contributed by atoms with E-state index in [1.807, 2.05) is 12.1 Å². The number of nitrogens with one attached hydrogen (secondary N) is 1. The molecule has 1 aromatic carbocycles. The van der Waals surface area contributed by atoms with Crippen LogP contribution in [0.15, 0.2) is 30.6 Å². The summed E-state index contributed by atoms with van der Waals surface area (Å²) in [6, 6.07) is 8.18. The van der Waals surface area contributed by atoms with E-state index in [9.17, 15) is 4.79 Å². The molecular weight excluding hydrogens is 242 g/mol. The van der Waals surface area contributed by atoms with Crippen LogP contribution in [0, 0.1) is 0 Å². The molecule has 0 aliphatic rings. The highest BCUT2D eigenvalue weighted by molar-refractivity contribution is 5.75. The van der Waals surface area contributed by atoms with Crippen molar-refractivity contribution < 1.29 is 4.79 Å². The van der Waals surface area contributed by atoms with Crippen LogP contribution < -0.4 is 11.1 Å². The summed E-state index contributed by atoms with van der Waals surface area (Å²) in [4.78, 5) is 15.4. The van der Waals surface area contributed by atoms with Crippen molar-refractivity contribution >= 4 is 11.9 Å². The number of anilines is 1. The minimum absolute atomic E-state index is 0.121. The summed E-state index contributed by atoms with van der Waals surface area (Å²) in [7, 11) is 0. The monoisotopic (exact) mass is 259 g/mol. The van der Waals surface area contributed by atoms with Crippen LogP contribution in [0.2, 0.25) is 0 Å². The van der Waals surface area contributed by atoms with Gasteiger partial charge in [0, 0.05) is 6.54 Å². The van der Waals surface area contributed by atoms with Crippen LogP contribution in [0.4, 0.5) is 5.95 Å². The first kappa shape index (κ1) is 13.1. The Morgan fingerprint density at radius 1 is 1.32 bits per heavy atom. The molecule has 0 spiro atoms. The lowest BCUT2D eigenvalue weighted by molar-refractivity contribution is -0.122. The Kier molecular flexibility index (Phi) is 4.12. The quantitative estimate of drug-likeness (QED) is 0.829. The van der Waals surface area contributed by atoms with Crippen molar-refractivity contribution in [1.82, 2.24) is 20.1 Å². The molecular formula is C13H17N5O. The van der Waals surface area contributed by atoms with Crippen LogP contribution in [-0.2, 0) is 24.3 Å². The van der Waals surface area contributed by atoms with Gasteiger partial charge in [0.2, 0.25) is 11.9 Å². The van der Waals surface area contributed by atoms with E-state index >= 15 is 0 Å². The second kappa shape index (κ2) is 5.99. The maximum absolute atomic E-state index is 11.7. The van der Waals surface area contributed by atoms with E-state index in [-0.39, 0.29) is 18.4 Å². The summed E-state index contributed by atoms with van der Waals surface area (Å²) >= 11 is 0. The molecule has 6 nitrogen and oxygen atoms in total. The van der Waals surface area contributed by atoms with Crippen LogP contribution in [-0.4, -0.2) is 20.7 Å². The molecule has 3 N–H and O–H groups in total. The molecule has 19 heavy (non-hydrogen) atoms. The van der Waals surface area contributed by atoms with Gasteiger partial charge in [-0.05, 0) is 17.5 Å². The Morgan fingerprint density at radius 2 is 2.00 bits per heavy atom. The molecule has 0 bridgehead atoms. The lowest BCUT2D eigenvalue weighted by Crippen LogP contribution is -2.27. The average molecular weight is 259 g/mol. The molecule has 1 amide bonds. The number of amides is 1. The Bertz CT molecular complexity index is 546. The fourth-order valence-electron chi connectivity index (χ4n) is 1.68. The zero-order valence-corrected chi connectivity index (χ0v) is 10.8. The van der Waals surface area contributed by atoms with Gasteiger partial charge in [-0.3, -0.25) is 4.79 Å². The first-order chi connectivity index (χ1) is 9.17. The molecule has 2 aromatic rings. The maximum atomic E-state index is 11.7. The van der Waals surface area contributed by atoms with Gasteiger partial charge in [-0.2, -0.15) is 0 Å². The Labute approximate surface area is 111 Å². The first-order valence-corrected chi connectivity index (χ1v) is 6.17. The van der Waals surface area contributed by atoms with Crippen molar-refractivity contribution in [2.75, 3.05) is 5.73 Å². The highest BCUT2D eigenvalue weighted by atomic mass is 16.2. The third-order valence-electron chi connectivity index (χ3n) is 2.78. The highest BCUT2D eigenvalue weighted by Gasteiger charge is 2.04. The largest absolute Gasteiger partial charge is 0.367 e. The summed E-state index contributed by atoms with van der Waals surface area (Å²) in [5, 5.41) is 6.68. The molecule has 0 saturated heterocycles. The average Bonchev–Trinajstić information content (AvgIpc) is 2.82. The number of nitrogens with zero attached hydrogens (tertiary/aromatic N) is 3. The first-order valence-electron chi connectivity index (χ1n) is 6.17. The van der Waals surface area contributed by atoms with Gasteiger partial charge in [-0.25, -0.2) is 9.67 Å². The molecule has 0 fully saturated rings. The van der Waals surface area contributed by atoms with E-state index in [2.05, 4.69) is 34.5 Å². The van der Waals surface area contributed by atoms with Crippen LogP contribution in [0.1, 0.15) is 18.1 Å². The summed E-state index contributed by atoms with van der Waals surface area (Å²) in [5.41, 5.74) is 7.73. The van der Waals surface area contributed by atoms with Gasteiger partial charge < -0.3 is 11.1 Å². The standard InChI is InChI=1S/C13H17N5O/c1-2-10-3-5-11(6-4-10)7-15-12(19)8-18-9-16-13(14)17-18/h3-6,9H,2,7-8H2,1H3,(H2,14,17)(H,15,19). The molecule has 0 atom stereocenters. The fourth-order valence-corrected chi connectivity index (χ4v) is 1.68. The van der Waals surface area contributed by atoms with Crippen LogP contribution in [0.3, 0.4) is 0 Å². The normalized spacial score (nSPS) is 10.4. The van der Waals surface area contributed by atoms with E-state index in [1.54, 1.807) is 0 Å². The third kappa shape index (κ3) is 3.80. The van der Waals surface area contributed by atoms with Crippen molar-refractivity contribution in [3.8, 4) is 0 Å². The number of aryl methyl sites for hydroxylation is 1. The van der Waals surface area contributed by atoms with Gasteiger partial charge >= 0.3 is 0 Å². The molecule has 100 valence electrons. The Morgan fingerprint density at radius 3 is 2.58 bits per heavy atom. The molecule has 0 unspecified atom stereocenters. The minimum Gasteiger partial charge on any atom is -0.367 e. The van der Waals surface area contributed by atoms with Crippen LogP contribution in [0.25, 0.3) is 0 Å². The highest BCUT2D eigenvalue weighted by Crippen LogP contribution is 2.04. The van der Waals surface area contributed by atoms with Crippen molar-refractivity contribution in [2.24, 2.45) is 0 Å². The third-order valence-corrected chi connectivity index (χ3v) is 2.78. The smallest absolute Gasteiger partial charge is 0.242 e. The molecule has 0 radical (unpaired) electrons. The number of nitrogens with two attached hydrogens (primary N) is 1. The zero-order valence-electron chi connectivity index (χ0n) is 10.8. The number of hydrogen-bond acceptors (Lipinski definition) is 4. The number of rotatable bonds is 5. The van der Waals surface area contributed by atoms with Gasteiger partial charge in [-0.1, -0.05) is 31.2 Å². The lowest BCUT2D eigenvalue weighted by atomic mass is 10.1. The molecule has 1 aromatic heterocycles. The van der Waals surface area contributed by atoms with E-state index < -0.39 is 0 Å². The summed E-state index contributed by atoms with van der Waals surface area (Å²) < 4.78 is 1.41. The molecule has 2 rings (SSSR count). The lowest BCUT2D eigenvalue weighted by Gasteiger charge is -2.06. The number of carbonyl (C=O) groups excluding carboxylic acids is 1.